The number of hydrogen-bond donors (Lipinski definition) is 1. The molecule has 1 unspecified atom stereocenters. The molecule has 2 aromatic rings. The Balaban J connectivity index is 1.62. The third-order valence-electron chi connectivity index (χ3n) is 3.63. The summed E-state index contributed by atoms with van der Waals surface area (Å²) >= 11 is 0. The molecule has 1 fully saturated rings. The minimum Gasteiger partial charge on any atom is -0.365 e. The number of carbonyl (C=O) groups excluding carboxylic acids is 1. The molecule has 2 aromatic heterocycles. The van der Waals surface area contributed by atoms with Crippen LogP contribution >= 0.6 is 0 Å². The SMILES string of the molecule is Cc1ccnc(NC2CCN(C(=O)c3ccccn3)C2)c1. The first-order valence-electron chi connectivity index (χ1n) is 7.12. The van der Waals surface area contributed by atoms with Crippen molar-refractivity contribution in [2.45, 2.75) is 19.4 Å². The van der Waals surface area contributed by atoms with E-state index >= 15 is 0 Å². The van der Waals surface area contributed by atoms with Crippen LogP contribution < -0.4 is 5.32 Å². The molecule has 1 aliphatic heterocycles. The maximum Gasteiger partial charge on any atom is 0.272 e. The number of anilines is 1. The molecule has 0 saturated carbocycles. The number of carbonyl (C=O) groups is 1. The topological polar surface area (TPSA) is 58.1 Å². The zero-order chi connectivity index (χ0) is 14.7. The molecular formula is C16H18N4O. The van der Waals surface area contributed by atoms with Crippen molar-refractivity contribution in [3.63, 3.8) is 0 Å². The predicted octanol–water partition coefficient (Wildman–Crippen LogP) is 2.11. The summed E-state index contributed by atoms with van der Waals surface area (Å²) in [5.41, 5.74) is 1.68. The average Bonchev–Trinajstić information content (AvgIpc) is 2.96. The monoisotopic (exact) mass is 282 g/mol. The van der Waals surface area contributed by atoms with Gasteiger partial charge in [-0.3, -0.25) is 9.78 Å². The summed E-state index contributed by atoms with van der Waals surface area (Å²) in [6.07, 6.45) is 4.37. The number of aromatic nitrogens is 2. The Morgan fingerprint density at radius 3 is 2.95 bits per heavy atom. The lowest BCUT2D eigenvalue weighted by Gasteiger charge is -2.17. The van der Waals surface area contributed by atoms with Crippen molar-refractivity contribution in [1.29, 1.82) is 0 Å². The number of nitrogens with one attached hydrogen (secondary N) is 1. The number of rotatable bonds is 3. The molecule has 0 aromatic carbocycles. The molecular weight excluding hydrogens is 264 g/mol. The second kappa shape index (κ2) is 5.91. The van der Waals surface area contributed by atoms with E-state index in [1.165, 1.54) is 5.56 Å². The molecule has 5 nitrogen and oxygen atoms in total. The van der Waals surface area contributed by atoms with E-state index in [9.17, 15) is 4.79 Å². The lowest BCUT2D eigenvalue weighted by Crippen LogP contribution is -2.32. The molecule has 1 saturated heterocycles. The first-order valence-corrected chi connectivity index (χ1v) is 7.12. The first-order chi connectivity index (χ1) is 10.2. The van der Waals surface area contributed by atoms with Crippen molar-refractivity contribution in [2.75, 3.05) is 18.4 Å². The van der Waals surface area contributed by atoms with Gasteiger partial charge < -0.3 is 10.2 Å². The van der Waals surface area contributed by atoms with Gasteiger partial charge in [-0.1, -0.05) is 6.07 Å². The maximum atomic E-state index is 12.3. The zero-order valence-corrected chi connectivity index (χ0v) is 12.0. The van der Waals surface area contributed by atoms with E-state index in [0.29, 0.717) is 12.2 Å². The molecule has 0 radical (unpaired) electrons. The lowest BCUT2D eigenvalue weighted by atomic mass is 10.2. The molecule has 1 amide bonds. The molecule has 1 atom stereocenters. The van der Waals surface area contributed by atoms with Crippen LogP contribution in [0.2, 0.25) is 0 Å². The Morgan fingerprint density at radius 2 is 2.19 bits per heavy atom. The van der Waals surface area contributed by atoms with E-state index in [0.717, 1.165) is 18.8 Å². The molecule has 5 heteroatoms. The van der Waals surface area contributed by atoms with Gasteiger partial charge in [0.05, 0.1) is 0 Å². The quantitative estimate of drug-likeness (QED) is 0.936. The number of aryl methyl sites for hydroxylation is 1. The molecule has 0 aliphatic carbocycles. The Hall–Kier alpha value is -2.43. The maximum absolute atomic E-state index is 12.3. The molecule has 1 aliphatic rings. The highest BCUT2D eigenvalue weighted by molar-refractivity contribution is 5.92. The van der Waals surface area contributed by atoms with E-state index < -0.39 is 0 Å². The Bertz CT molecular complexity index is 629. The van der Waals surface area contributed by atoms with Gasteiger partial charge in [0.2, 0.25) is 0 Å². The van der Waals surface area contributed by atoms with E-state index in [1.54, 1.807) is 18.5 Å². The molecule has 3 rings (SSSR count). The van der Waals surface area contributed by atoms with Crippen molar-refractivity contribution in [3.8, 4) is 0 Å². The predicted molar refractivity (Wildman–Crippen MR) is 81.1 cm³/mol. The Labute approximate surface area is 124 Å². The van der Waals surface area contributed by atoms with Gasteiger partial charge >= 0.3 is 0 Å². The van der Waals surface area contributed by atoms with Crippen LogP contribution in [0.3, 0.4) is 0 Å². The van der Waals surface area contributed by atoms with Crippen LogP contribution in [0.15, 0.2) is 42.7 Å². The second-order valence-electron chi connectivity index (χ2n) is 5.31. The van der Waals surface area contributed by atoms with Gasteiger partial charge in [-0.05, 0) is 43.2 Å². The van der Waals surface area contributed by atoms with Crippen LogP contribution in [0.1, 0.15) is 22.5 Å². The smallest absolute Gasteiger partial charge is 0.272 e. The lowest BCUT2D eigenvalue weighted by molar-refractivity contribution is 0.0786. The van der Waals surface area contributed by atoms with Crippen molar-refractivity contribution >= 4 is 11.7 Å². The van der Waals surface area contributed by atoms with Gasteiger partial charge in [-0.15, -0.1) is 0 Å². The third kappa shape index (κ3) is 3.18. The largest absolute Gasteiger partial charge is 0.365 e. The number of amides is 1. The van der Waals surface area contributed by atoms with Crippen LogP contribution in [-0.4, -0.2) is 39.9 Å². The highest BCUT2D eigenvalue weighted by Crippen LogP contribution is 2.16. The highest BCUT2D eigenvalue weighted by Gasteiger charge is 2.27. The molecule has 3 heterocycles. The molecule has 108 valence electrons. The summed E-state index contributed by atoms with van der Waals surface area (Å²) in [5, 5.41) is 3.39. The zero-order valence-electron chi connectivity index (χ0n) is 12.0. The summed E-state index contributed by atoms with van der Waals surface area (Å²) in [4.78, 5) is 22.6. The van der Waals surface area contributed by atoms with Gasteiger partial charge in [0.25, 0.3) is 5.91 Å². The molecule has 1 N–H and O–H groups in total. The van der Waals surface area contributed by atoms with E-state index in [4.69, 9.17) is 0 Å². The van der Waals surface area contributed by atoms with Gasteiger partial charge in [0, 0.05) is 31.5 Å². The van der Waals surface area contributed by atoms with E-state index in [2.05, 4.69) is 15.3 Å². The normalized spacial score (nSPS) is 17.8. The Kier molecular flexibility index (Phi) is 3.81. The summed E-state index contributed by atoms with van der Waals surface area (Å²) in [7, 11) is 0. The number of nitrogens with zero attached hydrogens (tertiary/aromatic N) is 3. The van der Waals surface area contributed by atoms with Crippen LogP contribution in [0.4, 0.5) is 5.82 Å². The van der Waals surface area contributed by atoms with Crippen molar-refractivity contribution in [3.05, 3.63) is 54.0 Å². The van der Waals surface area contributed by atoms with Crippen LogP contribution in [0.25, 0.3) is 0 Å². The minimum absolute atomic E-state index is 0.00268. The standard InChI is InChI=1S/C16H18N4O/c1-12-5-8-18-15(10-12)19-13-6-9-20(11-13)16(21)14-4-2-3-7-17-14/h2-5,7-8,10,13H,6,9,11H2,1H3,(H,18,19). The first kappa shape index (κ1) is 13.5. The number of pyridine rings is 2. The van der Waals surface area contributed by atoms with Crippen molar-refractivity contribution in [2.24, 2.45) is 0 Å². The fourth-order valence-corrected chi connectivity index (χ4v) is 2.54. The van der Waals surface area contributed by atoms with Gasteiger partial charge in [0.15, 0.2) is 0 Å². The summed E-state index contributed by atoms with van der Waals surface area (Å²) in [6, 6.07) is 9.63. The number of hydrogen-bond acceptors (Lipinski definition) is 4. The molecule has 0 spiro atoms. The van der Waals surface area contributed by atoms with Gasteiger partial charge in [-0.25, -0.2) is 4.98 Å². The van der Waals surface area contributed by atoms with Gasteiger partial charge in [-0.2, -0.15) is 0 Å². The van der Waals surface area contributed by atoms with Crippen molar-refractivity contribution in [1.82, 2.24) is 14.9 Å². The second-order valence-corrected chi connectivity index (χ2v) is 5.31. The summed E-state index contributed by atoms with van der Waals surface area (Å²) in [6.45, 7) is 3.47. The van der Waals surface area contributed by atoms with Crippen LogP contribution in [0, 0.1) is 6.92 Å². The highest BCUT2D eigenvalue weighted by atomic mass is 16.2. The molecule has 0 bridgehead atoms. The van der Waals surface area contributed by atoms with E-state index in [1.807, 2.05) is 36.1 Å². The van der Waals surface area contributed by atoms with Gasteiger partial charge in [0.1, 0.15) is 11.5 Å². The third-order valence-corrected chi connectivity index (χ3v) is 3.63. The minimum atomic E-state index is -0.00268. The van der Waals surface area contributed by atoms with Crippen molar-refractivity contribution < 1.29 is 4.79 Å². The summed E-state index contributed by atoms with van der Waals surface area (Å²) < 4.78 is 0. The summed E-state index contributed by atoms with van der Waals surface area (Å²) in [5.74, 6) is 0.865. The van der Waals surface area contributed by atoms with Crippen LogP contribution in [-0.2, 0) is 0 Å². The average molecular weight is 282 g/mol. The van der Waals surface area contributed by atoms with Crippen LogP contribution in [0.5, 0.6) is 0 Å². The van der Waals surface area contributed by atoms with E-state index in [-0.39, 0.29) is 11.9 Å². The fraction of sp³-hybridized carbons (Fsp3) is 0.312. The Morgan fingerprint density at radius 1 is 1.29 bits per heavy atom. The molecule has 21 heavy (non-hydrogen) atoms. The fourth-order valence-electron chi connectivity index (χ4n) is 2.54. The number of likely N-dealkylation sites (tertiary alicyclic amines) is 1.